The highest BCUT2D eigenvalue weighted by atomic mass is 16.5. The fourth-order valence-electron chi connectivity index (χ4n) is 1.76. The van der Waals surface area contributed by atoms with Crippen molar-refractivity contribution < 1.29 is 19.4 Å². The maximum absolute atomic E-state index is 11.3. The van der Waals surface area contributed by atoms with E-state index in [1.165, 1.54) is 0 Å². The van der Waals surface area contributed by atoms with E-state index in [9.17, 15) is 9.90 Å². The molecule has 0 saturated carbocycles. The molecule has 0 amide bonds. The predicted octanol–water partition coefficient (Wildman–Crippen LogP) is 0.198. The van der Waals surface area contributed by atoms with E-state index in [1.807, 2.05) is 4.90 Å². The van der Waals surface area contributed by atoms with E-state index < -0.39 is 11.5 Å². The first-order valence-electron chi connectivity index (χ1n) is 5.16. The summed E-state index contributed by atoms with van der Waals surface area (Å²) in [6, 6.07) is 0. The predicted molar refractivity (Wildman–Crippen MR) is 54.9 cm³/mol. The molecule has 1 aliphatic heterocycles. The molecule has 1 heterocycles. The van der Waals surface area contributed by atoms with Crippen LogP contribution in [0.25, 0.3) is 0 Å². The van der Waals surface area contributed by atoms with Crippen molar-refractivity contribution >= 4 is 5.97 Å². The van der Waals surface area contributed by atoms with Gasteiger partial charge in [-0.25, -0.2) is 0 Å². The lowest BCUT2D eigenvalue weighted by Crippen LogP contribution is -2.56. The molecular formula is C10H19NO4. The summed E-state index contributed by atoms with van der Waals surface area (Å²) >= 11 is 0. The molecule has 1 saturated heterocycles. The summed E-state index contributed by atoms with van der Waals surface area (Å²) in [7, 11) is 1.58. The minimum Gasteiger partial charge on any atom is -0.480 e. The largest absolute Gasteiger partial charge is 0.480 e. The van der Waals surface area contributed by atoms with Gasteiger partial charge in [0, 0.05) is 26.8 Å². The summed E-state index contributed by atoms with van der Waals surface area (Å²) < 4.78 is 10.2. The summed E-state index contributed by atoms with van der Waals surface area (Å²) in [5.74, 6) is -0.790. The fraction of sp³-hybridized carbons (Fsp3) is 0.900. The van der Waals surface area contributed by atoms with E-state index in [0.717, 1.165) is 0 Å². The first-order chi connectivity index (χ1) is 7.11. The minimum absolute atomic E-state index is 0.458. The molecule has 0 aromatic heterocycles. The van der Waals surface area contributed by atoms with Crippen LogP contribution in [0.15, 0.2) is 0 Å². The molecule has 1 N–H and O–H groups in total. The SMILES string of the molecule is COCCC(C)(C(=O)O)N1CCOCC1. The molecule has 1 unspecified atom stereocenters. The van der Waals surface area contributed by atoms with Crippen molar-refractivity contribution in [3.8, 4) is 0 Å². The van der Waals surface area contributed by atoms with E-state index in [0.29, 0.717) is 39.3 Å². The Labute approximate surface area is 90.0 Å². The Morgan fingerprint density at radius 3 is 2.60 bits per heavy atom. The standard InChI is InChI=1S/C10H19NO4/c1-10(9(12)13,3-6-14-2)11-4-7-15-8-5-11/h3-8H2,1-2H3,(H,12,13). The molecule has 1 atom stereocenters. The Kier molecular flexibility index (Phi) is 4.50. The third kappa shape index (κ3) is 2.90. The average Bonchev–Trinajstić information content (AvgIpc) is 2.27. The van der Waals surface area contributed by atoms with Crippen molar-refractivity contribution in [3.63, 3.8) is 0 Å². The van der Waals surface area contributed by atoms with Crippen LogP contribution in [0.3, 0.4) is 0 Å². The highest BCUT2D eigenvalue weighted by Gasteiger charge is 2.39. The molecule has 88 valence electrons. The van der Waals surface area contributed by atoms with Crippen LogP contribution < -0.4 is 0 Å². The van der Waals surface area contributed by atoms with E-state index in [-0.39, 0.29) is 0 Å². The van der Waals surface area contributed by atoms with Crippen molar-refractivity contribution in [3.05, 3.63) is 0 Å². The average molecular weight is 217 g/mol. The summed E-state index contributed by atoms with van der Waals surface area (Å²) in [5, 5.41) is 9.27. The number of rotatable bonds is 5. The Balaban J connectivity index is 2.65. The number of hydrogen-bond acceptors (Lipinski definition) is 4. The van der Waals surface area contributed by atoms with Crippen LogP contribution >= 0.6 is 0 Å². The molecule has 1 aliphatic rings. The fourth-order valence-corrected chi connectivity index (χ4v) is 1.76. The minimum atomic E-state index is -0.834. The first-order valence-corrected chi connectivity index (χ1v) is 5.16. The Bertz CT molecular complexity index is 215. The number of hydrogen-bond donors (Lipinski definition) is 1. The van der Waals surface area contributed by atoms with Gasteiger partial charge >= 0.3 is 5.97 Å². The summed E-state index contributed by atoms with van der Waals surface area (Å²) in [4.78, 5) is 13.2. The van der Waals surface area contributed by atoms with Crippen molar-refractivity contribution in [1.82, 2.24) is 4.90 Å². The topological polar surface area (TPSA) is 59.0 Å². The molecular weight excluding hydrogens is 198 g/mol. The van der Waals surface area contributed by atoms with E-state index in [4.69, 9.17) is 9.47 Å². The van der Waals surface area contributed by atoms with Gasteiger partial charge in [0.25, 0.3) is 0 Å². The van der Waals surface area contributed by atoms with Gasteiger partial charge < -0.3 is 14.6 Å². The smallest absolute Gasteiger partial charge is 0.323 e. The van der Waals surface area contributed by atoms with E-state index in [1.54, 1.807) is 14.0 Å². The summed E-state index contributed by atoms with van der Waals surface area (Å²) in [5.41, 5.74) is -0.834. The lowest BCUT2D eigenvalue weighted by molar-refractivity contribution is -0.155. The number of aliphatic carboxylic acids is 1. The molecule has 0 spiro atoms. The number of carboxylic acids is 1. The van der Waals surface area contributed by atoms with Gasteiger partial charge in [0.15, 0.2) is 0 Å². The molecule has 0 radical (unpaired) electrons. The molecule has 0 aromatic carbocycles. The van der Waals surface area contributed by atoms with Gasteiger partial charge in [-0.15, -0.1) is 0 Å². The van der Waals surface area contributed by atoms with Gasteiger partial charge in [0.1, 0.15) is 5.54 Å². The van der Waals surface area contributed by atoms with Crippen LogP contribution in [0.4, 0.5) is 0 Å². The molecule has 5 heteroatoms. The molecule has 0 aliphatic carbocycles. The molecule has 0 bridgehead atoms. The van der Waals surface area contributed by atoms with Crippen LogP contribution in [0, 0.1) is 0 Å². The molecule has 15 heavy (non-hydrogen) atoms. The number of carbonyl (C=O) groups is 1. The van der Waals surface area contributed by atoms with Crippen LogP contribution in [0.5, 0.6) is 0 Å². The summed E-state index contributed by atoms with van der Waals surface area (Å²) in [6.07, 6.45) is 0.499. The zero-order valence-corrected chi connectivity index (χ0v) is 9.36. The molecule has 5 nitrogen and oxygen atoms in total. The number of carboxylic acid groups (broad SMARTS) is 1. The zero-order valence-electron chi connectivity index (χ0n) is 9.36. The van der Waals surface area contributed by atoms with E-state index >= 15 is 0 Å². The van der Waals surface area contributed by atoms with Gasteiger partial charge in [-0.1, -0.05) is 0 Å². The maximum Gasteiger partial charge on any atom is 0.323 e. The highest BCUT2D eigenvalue weighted by Crippen LogP contribution is 2.21. The van der Waals surface area contributed by atoms with E-state index in [2.05, 4.69) is 0 Å². The third-order valence-corrected chi connectivity index (χ3v) is 2.96. The van der Waals surface area contributed by atoms with Crippen LogP contribution in [0.1, 0.15) is 13.3 Å². The number of morpholine rings is 1. The number of ether oxygens (including phenoxy) is 2. The lowest BCUT2D eigenvalue weighted by atomic mass is 9.95. The first kappa shape index (κ1) is 12.4. The van der Waals surface area contributed by atoms with Gasteiger partial charge in [-0.3, -0.25) is 9.69 Å². The van der Waals surface area contributed by atoms with Gasteiger partial charge in [-0.2, -0.15) is 0 Å². The molecule has 0 aromatic rings. The van der Waals surface area contributed by atoms with Crippen LogP contribution in [-0.2, 0) is 14.3 Å². The Morgan fingerprint density at radius 1 is 1.53 bits per heavy atom. The maximum atomic E-state index is 11.3. The van der Waals surface area contributed by atoms with Crippen molar-refractivity contribution in [2.24, 2.45) is 0 Å². The second kappa shape index (κ2) is 5.44. The Morgan fingerprint density at radius 2 is 2.13 bits per heavy atom. The number of methoxy groups -OCH3 is 1. The van der Waals surface area contributed by atoms with Gasteiger partial charge in [0.2, 0.25) is 0 Å². The lowest BCUT2D eigenvalue weighted by Gasteiger charge is -2.39. The second-order valence-electron chi connectivity index (χ2n) is 3.92. The van der Waals surface area contributed by atoms with Gasteiger partial charge in [0.05, 0.1) is 13.2 Å². The molecule has 1 rings (SSSR count). The van der Waals surface area contributed by atoms with Crippen molar-refractivity contribution in [2.45, 2.75) is 18.9 Å². The van der Waals surface area contributed by atoms with Crippen molar-refractivity contribution in [1.29, 1.82) is 0 Å². The second-order valence-corrected chi connectivity index (χ2v) is 3.92. The highest BCUT2D eigenvalue weighted by molar-refractivity contribution is 5.78. The van der Waals surface area contributed by atoms with Crippen LogP contribution in [-0.4, -0.2) is 61.5 Å². The Hall–Kier alpha value is -0.650. The normalized spacial score (nSPS) is 22.3. The number of nitrogens with zero attached hydrogens (tertiary/aromatic N) is 1. The third-order valence-electron chi connectivity index (χ3n) is 2.96. The monoisotopic (exact) mass is 217 g/mol. The van der Waals surface area contributed by atoms with Crippen LogP contribution in [0.2, 0.25) is 0 Å². The van der Waals surface area contributed by atoms with Crippen molar-refractivity contribution in [2.75, 3.05) is 40.0 Å². The summed E-state index contributed by atoms with van der Waals surface area (Å²) in [6.45, 7) is 4.77. The molecule has 1 fully saturated rings. The quantitative estimate of drug-likeness (QED) is 0.712. The zero-order chi connectivity index (χ0) is 11.3. The van der Waals surface area contributed by atoms with Gasteiger partial charge in [-0.05, 0) is 13.3 Å².